The van der Waals surface area contributed by atoms with Gasteiger partial charge in [-0.25, -0.2) is 4.79 Å². The molecule has 0 aliphatic carbocycles. The standard InChI is InChI=1S/C23H31ClN4O4/c1-13-16(24)12-15-17(25-13)23(8-10-28(11-9-23)20(29)32-21(3,4)5)31-18(15)22(6,7)19-27-26-14(2)30-19/h12,18H,8-11H2,1-7H3. The molecule has 0 bridgehead atoms. The third kappa shape index (κ3) is 3.99. The average molecular weight is 463 g/mol. The molecule has 1 amide bonds. The van der Waals surface area contributed by atoms with Gasteiger partial charge in [-0.2, -0.15) is 0 Å². The summed E-state index contributed by atoms with van der Waals surface area (Å²) in [5.74, 6) is 1.01. The number of aromatic nitrogens is 3. The van der Waals surface area contributed by atoms with Crippen LogP contribution in [0.25, 0.3) is 0 Å². The van der Waals surface area contributed by atoms with Crippen LogP contribution in [0.4, 0.5) is 4.79 Å². The minimum absolute atomic E-state index is 0.302. The third-order valence-electron chi connectivity index (χ3n) is 6.19. The number of likely N-dealkylation sites (tertiary alicyclic amines) is 1. The van der Waals surface area contributed by atoms with E-state index in [-0.39, 0.29) is 12.2 Å². The van der Waals surface area contributed by atoms with Gasteiger partial charge in [0.2, 0.25) is 11.8 Å². The Morgan fingerprint density at radius 3 is 2.41 bits per heavy atom. The van der Waals surface area contributed by atoms with E-state index in [1.807, 2.05) is 47.6 Å². The van der Waals surface area contributed by atoms with E-state index in [1.54, 1.807) is 11.8 Å². The Kier molecular flexibility index (Phi) is 5.53. The van der Waals surface area contributed by atoms with Crippen molar-refractivity contribution in [2.24, 2.45) is 0 Å². The van der Waals surface area contributed by atoms with Crippen molar-refractivity contribution in [1.29, 1.82) is 0 Å². The van der Waals surface area contributed by atoms with Gasteiger partial charge in [0.05, 0.1) is 27.9 Å². The van der Waals surface area contributed by atoms with Crippen molar-refractivity contribution in [3.05, 3.63) is 39.8 Å². The van der Waals surface area contributed by atoms with Gasteiger partial charge in [0.15, 0.2) is 0 Å². The summed E-state index contributed by atoms with van der Waals surface area (Å²) in [4.78, 5) is 19.2. The van der Waals surface area contributed by atoms with E-state index in [0.717, 1.165) is 17.0 Å². The zero-order chi connectivity index (χ0) is 23.5. The lowest BCUT2D eigenvalue weighted by molar-refractivity contribution is -0.132. The summed E-state index contributed by atoms with van der Waals surface area (Å²) in [5, 5.41) is 8.86. The van der Waals surface area contributed by atoms with Crippen LogP contribution in [0.1, 0.15) is 82.3 Å². The number of carbonyl (C=O) groups excluding carboxylic acids is 1. The van der Waals surface area contributed by atoms with Gasteiger partial charge in [-0.05, 0) is 60.5 Å². The molecule has 1 atom stereocenters. The molecule has 8 nitrogen and oxygen atoms in total. The largest absolute Gasteiger partial charge is 0.444 e. The van der Waals surface area contributed by atoms with Gasteiger partial charge in [0, 0.05) is 25.6 Å². The summed E-state index contributed by atoms with van der Waals surface area (Å²) >= 11 is 6.47. The summed E-state index contributed by atoms with van der Waals surface area (Å²) in [5.41, 5.74) is 0.845. The number of piperidine rings is 1. The molecule has 2 aliphatic rings. The lowest BCUT2D eigenvalue weighted by Gasteiger charge is -2.40. The number of ether oxygens (including phenoxy) is 2. The number of fused-ring (bicyclic) bond motifs is 2. The maximum Gasteiger partial charge on any atom is 0.410 e. The number of carbonyl (C=O) groups is 1. The van der Waals surface area contributed by atoms with E-state index in [1.165, 1.54) is 0 Å². The van der Waals surface area contributed by atoms with Crippen LogP contribution in [0.15, 0.2) is 10.5 Å². The van der Waals surface area contributed by atoms with E-state index in [4.69, 9.17) is 30.5 Å². The molecule has 2 aromatic heterocycles. The first kappa shape index (κ1) is 23.0. The number of hydrogen-bond acceptors (Lipinski definition) is 7. The lowest BCUT2D eigenvalue weighted by Crippen LogP contribution is -2.47. The molecule has 0 N–H and O–H groups in total. The Labute approximate surface area is 193 Å². The Balaban J connectivity index is 1.66. The van der Waals surface area contributed by atoms with Gasteiger partial charge in [-0.3, -0.25) is 4.98 Å². The zero-order valence-electron chi connectivity index (χ0n) is 19.8. The van der Waals surface area contributed by atoms with Crippen LogP contribution in [0, 0.1) is 13.8 Å². The molecular weight excluding hydrogens is 432 g/mol. The fraction of sp³-hybridized carbons (Fsp3) is 0.652. The summed E-state index contributed by atoms with van der Waals surface area (Å²) in [6, 6.07) is 1.95. The first-order valence-corrected chi connectivity index (χ1v) is 11.3. The predicted octanol–water partition coefficient (Wildman–Crippen LogP) is 5.01. The van der Waals surface area contributed by atoms with Crippen molar-refractivity contribution in [2.75, 3.05) is 13.1 Å². The number of hydrogen-bond donors (Lipinski definition) is 0. The SMILES string of the molecule is Cc1nnc(C(C)(C)C2OC3(CCN(C(=O)OC(C)(C)C)CC3)c3nc(C)c(Cl)cc32)o1. The second kappa shape index (κ2) is 7.70. The fourth-order valence-electron chi connectivity index (χ4n) is 4.44. The number of pyridine rings is 1. The Morgan fingerprint density at radius 1 is 1.19 bits per heavy atom. The number of nitrogens with zero attached hydrogens (tertiary/aromatic N) is 4. The quantitative estimate of drug-likeness (QED) is 0.619. The molecule has 4 heterocycles. The van der Waals surface area contributed by atoms with Gasteiger partial charge in [-0.15, -0.1) is 10.2 Å². The molecule has 1 spiro atoms. The summed E-state index contributed by atoms with van der Waals surface area (Å²) in [7, 11) is 0. The van der Waals surface area contributed by atoms with E-state index in [2.05, 4.69) is 10.2 Å². The molecule has 9 heteroatoms. The molecule has 2 aromatic rings. The van der Waals surface area contributed by atoms with Crippen molar-refractivity contribution in [1.82, 2.24) is 20.1 Å². The summed E-state index contributed by atoms with van der Waals surface area (Å²) in [6.45, 7) is 14.4. The zero-order valence-corrected chi connectivity index (χ0v) is 20.5. The highest BCUT2D eigenvalue weighted by molar-refractivity contribution is 6.31. The minimum Gasteiger partial charge on any atom is -0.444 e. The van der Waals surface area contributed by atoms with Crippen LogP contribution < -0.4 is 0 Å². The normalized spacial score (nSPS) is 20.5. The molecule has 1 unspecified atom stereocenters. The number of amides is 1. The Morgan fingerprint density at radius 2 is 1.84 bits per heavy atom. The highest BCUT2D eigenvalue weighted by Gasteiger charge is 2.54. The van der Waals surface area contributed by atoms with Crippen molar-refractivity contribution < 1.29 is 18.7 Å². The third-order valence-corrected chi connectivity index (χ3v) is 6.58. The van der Waals surface area contributed by atoms with E-state index in [0.29, 0.717) is 42.7 Å². The van der Waals surface area contributed by atoms with Gasteiger partial charge >= 0.3 is 6.09 Å². The molecule has 174 valence electrons. The van der Waals surface area contributed by atoms with Crippen LogP contribution >= 0.6 is 11.6 Å². The van der Waals surface area contributed by atoms with Crippen LogP contribution in [0.2, 0.25) is 5.02 Å². The highest BCUT2D eigenvalue weighted by atomic mass is 35.5. The Hall–Kier alpha value is -2.19. The first-order chi connectivity index (χ1) is 14.8. The van der Waals surface area contributed by atoms with Crippen LogP contribution in [-0.2, 0) is 20.5 Å². The van der Waals surface area contributed by atoms with E-state index >= 15 is 0 Å². The molecular formula is C23H31ClN4O4. The molecule has 2 aliphatic heterocycles. The molecule has 32 heavy (non-hydrogen) atoms. The highest BCUT2D eigenvalue weighted by Crippen LogP contribution is 2.55. The topological polar surface area (TPSA) is 90.6 Å². The van der Waals surface area contributed by atoms with E-state index in [9.17, 15) is 4.79 Å². The van der Waals surface area contributed by atoms with Crippen molar-refractivity contribution >= 4 is 17.7 Å². The molecule has 1 saturated heterocycles. The van der Waals surface area contributed by atoms with Gasteiger partial charge in [-0.1, -0.05) is 11.6 Å². The van der Waals surface area contributed by atoms with E-state index < -0.39 is 16.6 Å². The van der Waals surface area contributed by atoms with Crippen LogP contribution in [-0.4, -0.2) is 44.9 Å². The summed E-state index contributed by atoms with van der Waals surface area (Å²) < 4.78 is 18.1. The van der Waals surface area contributed by atoms with Crippen molar-refractivity contribution in [2.45, 2.75) is 84.0 Å². The van der Waals surface area contributed by atoms with Crippen molar-refractivity contribution in [3.8, 4) is 0 Å². The average Bonchev–Trinajstić information content (AvgIpc) is 3.25. The van der Waals surface area contributed by atoms with Crippen molar-refractivity contribution in [3.63, 3.8) is 0 Å². The summed E-state index contributed by atoms with van der Waals surface area (Å²) in [6.07, 6.45) is 0.561. The first-order valence-electron chi connectivity index (χ1n) is 11.0. The lowest BCUT2D eigenvalue weighted by atomic mass is 9.81. The number of aryl methyl sites for hydroxylation is 2. The molecule has 1 fully saturated rings. The smallest absolute Gasteiger partial charge is 0.410 e. The maximum absolute atomic E-state index is 12.6. The second-order valence-electron chi connectivity index (χ2n) is 10.3. The predicted molar refractivity (Wildman–Crippen MR) is 119 cm³/mol. The number of rotatable bonds is 2. The van der Waals surface area contributed by atoms with Crippen LogP contribution in [0.3, 0.4) is 0 Å². The van der Waals surface area contributed by atoms with Crippen LogP contribution in [0.5, 0.6) is 0 Å². The second-order valence-corrected chi connectivity index (χ2v) is 10.7. The molecule has 0 saturated carbocycles. The minimum atomic E-state index is -0.611. The molecule has 0 aromatic carbocycles. The fourth-order valence-corrected chi connectivity index (χ4v) is 4.60. The maximum atomic E-state index is 12.6. The molecule has 4 rings (SSSR count). The molecule has 0 radical (unpaired) electrons. The number of halogens is 1. The van der Waals surface area contributed by atoms with Gasteiger partial charge in [0.25, 0.3) is 0 Å². The Bertz CT molecular complexity index is 1040. The monoisotopic (exact) mass is 462 g/mol. The van der Waals surface area contributed by atoms with Gasteiger partial charge < -0.3 is 18.8 Å². The van der Waals surface area contributed by atoms with Gasteiger partial charge in [0.1, 0.15) is 11.2 Å².